The molecule has 1 heterocycles. The van der Waals surface area contributed by atoms with Crippen LogP contribution in [0.2, 0.25) is 0 Å². The van der Waals surface area contributed by atoms with E-state index in [9.17, 15) is 4.79 Å². The predicted molar refractivity (Wildman–Crippen MR) is 111 cm³/mol. The van der Waals surface area contributed by atoms with Crippen LogP contribution in [0, 0.1) is 6.92 Å². The molecule has 0 radical (unpaired) electrons. The van der Waals surface area contributed by atoms with Gasteiger partial charge in [-0.3, -0.25) is 4.79 Å². The molecule has 0 spiro atoms. The van der Waals surface area contributed by atoms with Gasteiger partial charge in [0.15, 0.2) is 0 Å². The fourth-order valence-corrected chi connectivity index (χ4v) is 2.85. The van der Waals surface area contributed by atoms with Crippen LogP contribution in [0.25, 0.3) is 17.5 Å². The molecule has 28 heavy (non-hydrogen) atoms. The van der Waals surface area contributed by atoms with Crippen molar-refractivity contribution >= 4 is 12.0 Å². The number of carbonyl (C=O) groups is 1. The van der Waals surface area contributed by atoms with Gasteiger partial charge < -0.3 is 9.42 Å². The average Bonchev–Trinajstić information content (AvgIpc) is 3.19. The molecule has 0 fully saturated rings. The summed E-state index contributed by atoms with van der Waals surface area (Å²) in [6.07, 6.45) is 4.89. The molecule has 5 heteroatoms. The summed E-state index contributed by atoms with van der Waals surface area (Å²) in [5.41, 5.74) is 3.12. The molecule has 1 aromatic heterocycles. The highest BCUT2D eigenvalue weighted by atomic mass is 16.5. The first-order valence-electron chi connectivity index (χ1n) is 9.57. The maximum Gasteiger partial charge on any atom is 0.246 e. The van der Waals surface area contributed by atoms with Crippen molar-refractivity contribution in [3.05, 3.63) is 77.7 Å². The van der Waals surface area contributed by atoms with Crippen molar-refractivity contribution in [1.82, 2.24) is 15.0 Å². The standard InChI is InChI=1S/C23H25N3O2/c1-3-16-26(22(27)14-11-19-7-5-4-6-8-19)17-15-21-24-23(25-28-21)20-12-9-18(2)10-13-20/h4-14H,3,15-17H2,1-2H3. The lowest BCUT2D eigenvalue weighted by atomic mass is 10.1. The van der Waals surface area contributed by atoms with Crippen molar-refractivity contribution in [3.8, 4) is 11.4 Å². The second kappa shape index (κ2) is 9.65. The third kappa shape index (κ3) is 5.39. The molecular weight excluding hydrogens is 350 g/mol. The van der Waals surface area contributed by atoms with Crippen LogP contribution >= 0.6 is 0 Å². The van der Waals surface area contributed by atoms with Crippen LogP contribution in [-0.4, -0.2) is 34.0 Å². The Morgan fingerprint density at radius 1 is 1.07 bits per heavy atom. The summed E-state index contributed by atoms with van der Waals surface area (Å²) in [7, 11) is 0. The minimum Gasteiger partial charge on any atom is -0.339 e. The third-order valence-corrected chi connectivity index (χ3v) is 4.40. The van der Waals surface area contributed by atoms with Crippen molar-refractivity contribution in [2.45, 2.75) is 26.7 Å². The zero-order chi connectivity index (χ0) is 19.8. The Hall–Kier alpha value is -3.21. The van der Waals surface area contributed by atoms with E-state index in [2.05, 4.69) is 17.1 Å². The van der Waals surface area contributed by atoms with Crippen molar-refractivity contribution in [1.29, 1.82) is 0 Å². The summed E-state index contributed by atoms with van der Waals surface area (Å²) in [6.45, 7) is 5.33. The molecular formula is C23H25N3O2. The van der Waals surface area contributed by atoms with Gasteiger partial charge in [-0.1, -0.05) is 72.2 Å². The average molecular weight is 375 g/mol. The molecule has 0 unspecified atom stereocenters. The van der Waals surface area contributed by atoms with E-state index < -0.39 is 0 Å². The highest BCUT2D eigenvalue weighted by Gasteiger charge is 2.13. The van der Waals surface area contributed by atoms with Gasteiger partial charge in [0.2, 0.25) is 17.6 Å². The van der Waals surface area contributed by atoms with Gasteiger partial charge in [0.05, 0.1) is 0 Å². The Morgan fingerprint density at radius 2 is 1.82 bits per heavy atom. The van der Waals surface area contributed by atoms with Gasteiger partial charge in [0.25, 0.3) is 0 Å². The Kier molecular flexibility index (Phi) is 6.73. The van der Waals surface area contributed by atoms with Gasteiger partial charge in [-0.15, -0.1) is 0 Å². The van der Waals surface area contributed by atoms with Gasteiger partial charge in [-0.05, 0) is 25.0 Å². The summed E-state index contributed by atoms with van der Waals surface area (Å²) < 4.78 is 5.37. The van der Waals surface area contributed by atoms with Crippen LogP contribution in [0.1, 0.15) is 30.4 Å². The van der Waals surface area contributed by atoms with Crippen LogP contribution in [0.3, 0.4) is 0 Å². The van der Waals surface area contributed by atoms with E-state index in [1.54, 1.807) is 6.08 Å². The number of nitrogens with zero attached hydrogens (tertiary/aromatic N) is 3. The summed E-state index contributed by atoms with van der Waals surface area (Å²) >= 11 is 0. The smallest absolute Gasteiger partial charge is 0.246 e. The van der Waals surface area contributed by atoms with E-state index in [0.717, 1.165) is 17.5 Å². The summed E-state index contributed by atoms with van der Waals surface area (Å²) in [5, 5.41) is 4.06. The van der Waals surface area contributed by atoms with Gasteiger partial charge in [0.1, 0.15) is 0 Å². The highest BCUT2D eigenvalue weighted by Crippen LogP contribution is 2.16. The maximum atomic E-state index is 12.6. The molecule has 0 bridgehead atoms. The quantitative estimate of drug-likeness (QED) is 0.542. The number of benzene rings is 2. The summed E-state index contributed by atoms with van der Waals surface area (Å²) in [4.78, 5) is 18.8. The fraction of sp³-hybridized carbons (Fsp3) is 0.261. The Labute approximate surface area is 165 Å². The van der Waals surface area contributed by atoms with E-state index in [4.69, 9.17) is 4.52 Å². The predicted octanol–water partition coefficient (Wildman–Crippen LogP) is 4.54. The largest absolute Gasteiger partial charge is 0.339 e. The van der Waals surface area contributed by atoms with Crippen molar-refractivity contribution < 1.29 is 9.32 Å². The molecule has 1 amide bonds. The molecule has 0 atom stereocenters. The molecule has 0 aliphatic heterocycles. The van der Waals surface area contributed by atoms with E-state index in [-0.39, 0.29) is 5.91 Å². The molecule has 0 aliphatic carbocycles. The number of hydrogen-bond acceptors (Lipinski definition) is 4. The van der Waals surface area contributed by atoms with Crippen molar-refractivity contribution in [3.63, 3.8) is 0 Å². The van der Waals surface area contributed by atoms with Crippen LogP contribution < -0.4 is 0 Å². The number of aryl methyl sites for hydroxylation is 1. The van der Waals surface area contributed by atoms with Crippen LogP contribution in [0.15, 0.2) is 65.2 Å². The molecule has 0 N–H and O–H groups in total. The molecule has 0 saturated carbocycles. The van der Waals surface area contributed by atoms with Crippen molar-refractivity contribution in [2.75, 3.05) is 13.1 Å². The first-order valence-corrected chi connectivity index (χ1v) is 9.57. The lowest BCUT2D eigenvalue weighted by Crippen LogP contribution is -2.32. The van der Waals surface area contributed by atoms with E-state index in [1.807, 2.05) is 72.5 Å². The highest BCUT2D eigenvalue weighted by molar-refractivity contribution is 5.91. The minimum absolute atomic E-state index is 0.0102. The van der Waals surface area contributed by atoms with Gasteiger partial charge in [-0.25, -0.2) is 0 Å². The van der Waals surface area contributed by atoms with Crippen LogP contribution in [0.5, 0.6) is 0 Å². The third-order valence-electron chi connectivity index (χ3n) is 4.40. The Balaban J connectivity index is 1.61. The summed E-state index contributed by atoms with van der Waals surface area (Å²) in [6, 6.07) is 17.8. The first kappa shape index (κ1) is 19.5. The first-order chi connectivity index (χ1) is 13.7. The van der Waals surface area contributed by atoms with Crippen LogP contribution in [0.4, 0.5) is 0 Å². The number of hydrogen-bond donors (Lipinski definition) is 0. The number of rotatable bonds is 8. The van der Waals surface area contributed by atoms with E-state index in [0.29, 0.717) is 31.2 Å². The molecule has 5 nitrogen and oxygen atoms in total. The van der Waals surface area contributed by atoms with Gasteiger partial charge >= 0.3 is 0 Å². The fourth-order valence-electron chi connectivity index (χ4n) is 2.85. The monoisotopic (exact) mass is 375 g/mol. The molecule has 144 valence electrons. The topological polar surface area (TPSA) is 59.2 Å². The second-order valence-electron chi connectivity index (χ2n) is 6.70. The molecule has 2 aromatic carbocycles. The van der Waals surface area contributed by atoms with Crippen LogP contribution in [-0.2, 0) is 11.2 Å². The zero-order valence-corrected chi connectivity index (χ0v) is 16.3. The lowest BCUT2D eigenvalue weighted by Gasteiger charge is -2.19. The van der Waals surface area contributed by atoms with Gasteiger partial charge in [0, 0.05) is 31.1 Å². The molecule has 3 rings (SSSR count). The van der Waals surface area contributed by atoms with Gasteiger partial charge in [-0.2, -0.15) is 4.98 Å². The molecule has 3 aromatic rings. The minimum atomic E-state index is -0.0102. The van der Waals surface area contributed by atoms with Crippen molar-refractivity contribution in [2.24, 2.45) is 0 Å². The van der Waals surface area contributed by atoms with E-state index in [1.165, 1.54) is 5.56 Å². The lowest BCUT2D eigenvalue weighted by molar-refractivity contribution is -0.126. The molecule has 0 aliphatic rings. The zero-order valence-electron chi connectivity index (χ0n) is 16.3. The number of amides is 1. The second-order valence-corrected chi connectivity index (χ2v) is 6.70. The Morgan fingerprint density at radius 3 is 2.54 bits per heavy atom. The normalized spacial score (nSPS) is 11.1. The maximum absolute atomic E-state index is 12.6. The number of carbonyl (C=O) groups excluding carboxylic acids is 1. The number of aromatic nitrogens is 2. The van der Waals surface area contributed by atoms with E-state index >= 15 is 0 Å². The SMILES string of the molecule is CCCN(CCc1nc(-c2ccc(C)cc2)no1)C(=O)C=Cc1ccccc1. The summed E-state index contributed by atoms with van der Waals surface area (Å²) in [5.74, 6) is 1.10. The molecule has 0 saturated heterocycles. The Bertz CT molecular complexity index is 915.